The number of likely N-dealkylation sites (N-methyl/N-ethyl adjacent to an activating group) is 1. The van der Waals surface area contributed by atoms with Gasteiger partial charge in [0.2, 0.25) is 0 Å². The van der Waals surface area contributed by atoms with Crippen LogP contribution in [0.5, 0.6) is 0 Å². The molecule has 3 nitrogen and oxygen atoms in total. The van der Waals surface area contributed by atoms with Crippen LogP contribution in [-0.4, -0.2) is 42.8 Å². The summed E-state index contributed by atoms with van der Waals surface area (Å²) < 4.78 is 30.4. The summed E-state index contributed by atoms with van der Waals surface area (Å²) in [6.07, 6.45) is -1.05. The molecular weight excluding hydrogens is 190 g/mol. The van der Waals surface area contributed by atoms with Crippen molar-refractivity contribution in [1.82, 2.24) is 4.90 Å². The van der Waals surface area contributed by atoms with E-state index in [0.717, 1.165) is 19.3 Å². The Morgan fingerprint density at radius 1 is 1.43 bits per heavy atom. The molecule has 0 bridgehead atoms. The molecule has 5 heteroatoms. The Morgan fingerprint density at radius 2 is 2.14 bits per heavy atom. The summed E-state index contributed by atoms with van der Waals surface area (Å²) in [4.78, 5) is 1.63. The van der Waals surface area contributed by atoms with Crippen LogP contribution < -0.4 is 5.73 Å². The largest absolute Gasteiger partial charge is 0.352 e. The van der Waals surface area contributed by atoms with Crippen LogP contribution in [0.4, 0.5) is 8.78 Å². The van der Waals surface area contributed by atoms with Crippen molar-refractivity contribution in [2.75, 3.05) is 7.05 Å². The van der Waals surface area contributed by atoms with Gasteiger partial charge in [-0.05, 0) is 26.3 Å². The molecule has 4 unspecified atom stereocenters. The highest BCUT2D eigenvalue weighted by molar-refractivity contribution is 4.94. The molecule has 1 saturated carbocycles. The molecule has 4 atom stereocenters. The zero-order chi connectivity index (χ0) is 10.3. The van der Waals surface area contributed by atoms with Crippen LogP contribution in [0.15, 0.2) is 0 Å². The Labute approximate surface area is 82.2 Å². The molecule has 0 aromatic carbocycles. The van der Waals surface area contributed by atoms with Gasteiger partial charge in [-0.25, -0.2) is 8.78 Å². The van der Waals surface area contributed by atoms with E-state index in [1.807, 2.05) is 0 Å². The first kappa shape index (κ1) is 10.3. The molecule has 1 aliphatic heterocycles. The van der Waals surface area contributed by atoms with Gasteiger partial charge in [-0.2, -0.15) is 0 Å². The Morgan fingerprint density at radius 3 is 2.79 bits per heavy atom. The smallest absolute Gasteiger partial charge is 0.277 e. The zero-order valence-electron chi connectivity index (χ0n) is 8.20. The molecule has 1 heterocycles. The van der Waals surface area contributed by atoms with Crippen molar-refractivity contribution < 1.29 is 13.5 Å². The van der Waals surface area contributed by atoms with E-state index in [4.69, 9.17) is 10.5 Å². The number of nitrogens with two attached hydrogens (primary N) is 1. The van der Waals surface area contributed by atoms with Crippen LogP contribution in [0.2, 0.25) is 0 Å². The van der Waals surface area contributed by atoms with E-state index in [0.29, 0.717) is 0 Å². The second kappa shape index (κ2) is 3.72. The molecule has 1 saturated heterocycles. The number of ether oxygens (including phenoxy) is 1. The minimum Gasteiger partial charge on any atom is -0.352 e. The topological polar surface area (TPSA) is 38.5 Å². The number of nitrogens with zero attached hydrogens (tertiary/aromatic N) is 1. The van der Waals surface area contributed by atoms with Gasteiger partial charge < -0.3 is 10.5 Å². The van der Waals surface area contributed by atoms with Crippen molar-refractivity contribution >= 4 is 0 Å². The normalized spacial score (nSPS) is 44.4. The van der Waals surface area contributed by atoms with Crippen molar-refractivity contribution in [2.45, 2.75) is 50.1 Å². The lowest BCUT2D eigenvalue weighted by atomic mass is 9.89. The van der Waals surface area contributed by atoms with Gasteiger partial charge in [0.05, 0.1) is 6.10 Å². The molecule has 2 rings (SSSR count). The molecule has 0 amide bonds. The zero-order valence-corrected chi connectivity index (χ0v) is 8.20. The number of hydrogen-bond donors (Lipinski definition) is 1. The van der Waals surface area contributed by atoms with E-state index >= 15 is 0 Å². The van der Waals surface area contributed by atoms with E-state index in [-0.39, 0.29) is 18.2 Å². The highest BCUT2D eigenvalue weighted by atomic mass is 19.3. The molecule has 82 valence electrons. The summed E-state index contributed by atoms with van der Waals surface area (Å²) >= 11 is 0. The molecule has 2 fully saturated rings. The van der Waals surface area contributed by atoms with Crippen LogP contribution in [0.25, 0.3) is 0 Å². The summed E-state index contributed by atoms with van der Waals surface area (Å²) in [5.74, 6) is 0. The van der Waals surface area contributed by atoms with Crippen LogP contribution >= 0.6 is 0 Å². The van der Waals surface area contributed by atoms with E-state index in [1.165, 1.54) is 0 Å². The van der Waals surface area contributed by atoms with Crippen LogP contribution in [0.3, 0.4) is 0 Å². The van der Waals surface area contributed by atoms with Crippen LogP contribution in [0.1, 0.15) is 19.3 Å². The predicted octanol–water partition coefficient (Wildman–Crippen LogP) is 0.788. The lowest BCUT2D eigenvalue weighted by Gasteiger charge is -2.31. The fourth-order valence-electron chi connectivity index (χ4n) is 2.44. The van der Waals surface area contributed by atoms with Gasteiger partial charge in [-0.1, -0.05) is 0 Å². The third-order valence-corrected chi connectivity index (χ3v) is 3.25. The quantitative estimate of drug-likeness (QED) is 0.689. The van der Waals surface area contributed by atoms with Crippen molar-refractivity contribution in [3.8, 4) is 0 Å². The Hall–Kier alpha value is -0.260. The van der Waals surface area contributed by atoms with Gasteiger partial charge in [0.1, 0.15) is 0 Å². The summed E-state index contributed by atoms with van der Waals surface area (Å²) in [5.41, 5.74) is 5.80. The monoisotopic (exact) mass is 206 g/mol. The molecule has 2 N–H and O–H groups in total. The molecule has 0 radical (unpaired) electrons. The van der Waals surface area contributed by atoms with Crippen molar-refractivity contribution in [3.63, 3.8) is 0 Å². The Balaban J connectivity index is 2.05. The first-order valence-corrected chi connectivity index (χ1v) is 5.00. The van der Waals surface area contributed by atoms with E-state index in [2.05, 4.69) is 0 Å². The third kappa shape index (κ3) is 1.64. The van der Waals surface area contributed by atoms with Crippen LogP contribution in [-0.2, 0) is 4.74 Å². The Kier molecular flexibility index (Phi) is 2.72. The fourth-order valence-corrected chi connectivity index (χ4v) is 2.44. The lowest BCUT2D eigenvalue weighted by molar-refractivity contribution is -0.0924. The van der Waals surface area contributed by atoms with Crippen molar-refractivity contribution in [2.24, 2.45) is 5.73 Å². The first-order chi connectivity index (χ1) is 6.59. The lowest BCUT2D eigenvalue weighted by Crippen LogP contribution is -2.44. The average molecular weight is 206 g/mol. The van der Waals surface area contributed by atoms with E-state index < -0.39 is 12.7 Å². The molecule has 1 aliphatic carbocycles. The second-order valence-corrected chi connectivity index (χ2v) is 4.21. The SMILES string of the molecule is CN1C2CC(N)CCC2OC1C(F)F. The maximum Gasteiger partial charge on any atom is 0.277 e. The number of alkyl halides is 2. The molecule has 0 aromatic rings. The minimum atomic E-state index is -2.43. The van der Waals surface area contributed by atoms with Gasteiger partial charge >= 0.3 is 0 Å². The van der Waals surface area contributed by atoms with Crippen LogP contribution in [0, 0.1) is 0 Å². The minimum absolute atomic E-state index is 0.0428. The van der Waals surface area contributed by atoms with Gasteiger partial charge in [-0.15, -0.1) is 0 Å². The summed E-state index contributed by atoms with van der Waals surface area (Å²) in [6.45, 7) is 0. The number of hydrogen-bond acceptors (Lipinski definition) is 3. The maximum atomic E-state index is 12.5. The number of halogens is 2. The molecular formula is C9H16F2N2O. The van der Waals surface area contributed by atoms with Crippen molar-refractivity contribution in [3.05, 3.63) is 0 Å². The standard InChI is InChI=1S/C9H16F2N2O/c1-13-6-4-5(12)2-3-7(6)14-9(13)8(10)11/h5-9H,2-4,12H2,1H3. The first-order valence-electron chi connectivity index (χ1n) is 5.00. The molecule has 0 aromatic heterocycles. The Bertz CT molecular complexity index is 215. The van der Waals surface area contributed by atoms with Gasteiger partial charge in [-0.3, -0.25) is 4.90 Å². The highest BCUT2D eigenvalue weighted by Crippen LogP contribution is 2.34. The number of rotatable bonds is 1. The highest BCUT2D eigenvalue weighted by Gasteiger charge is 2.46. The maximum absolute atomic E-state index is 12.5. The van der Waals surface area contributed by atoms with Crippen molar-refractivity contribution in [1.29, 1.82) is 0 Å². The fraction of sp³-hybridized carbons (Fsp3) is 1.00. The molecule has 14 heavy (non-hydrogen) atoms. The molecule has 0 spiro atoms. The summed E-state index contributed by atoms with van der Waals surface area (Å²) in [5, 5.41) is 0. The van der Waals surface area contributed by atoms with Gasteiger partial charge in [0, 0.05) is 12.1 Å². The molecule has 2 aliphatic rings. The average Bonchev–Trinajstić information content (AvgIpc) is 2.44. The number of fused-ring (bicyclic) bond motifs is 1. The summed E-state index contributed by atoms with van der Waals surface area (Å²) in [7, 11) is 1.69. The van der Waals surface area contributed by atoms with E-state index in [9.17, 15) is 8.78 Å². The van der Waals surface area contributed by atoms with E-state index in [1.54, 1.807) is 11.9 Å². The van der Waals surface area contributed by atoms with Gasteiger partial charge in [0.25, 0.3) is 6.43 Å². The second-order valence-electron chi connectivity index (χ2n) is 4.21. The third-order valence-electron chi connectivity index (χ3n) is 3.25. The summed E-state index contributed by atoms with van der Waals surface area (Å²) in [6, 6.07) is 0.219. The predicted molar refractivity (Wildman–Crippen MR) is 48.0 cm³/mol. The van der Waals surface area contributed by atoms with Gasteiger partial charge in [0.15, 0.2) is 6.23 Å².